The van der Waals surface area contributed by atoms with Gasteiger partial charge in [-0.05, 0) is 25.0 Å². The average Bonchev–Trinajstić information content (AvgIpc) is 2.81. The fourth-order valence-corrected chi connectivity index (χ4v) is 1.62. The molecule has 1 N–H and O–H groups in total. The number of rotatable bonds is 3. The summed E-state index contributed by atoms with van der Waals surface area (Å²) in [6, 6.07) is 2.83. The number of pyridine rings is 1. The van der Waals surface area contributed by atoms with Gasteiger partial charge in [0.15, 0.2) is 0 Å². The van der Waals surface area contributed by atoms with Gasteiger partial charge in [-0.3, -0.25) is 9.78 Å². The maximum atomic E-state index is 13.2. The predicted molar refractivity (Wildman–Crippen MR) is 55.0 cm³/mol. The first-order valence-electron chi connectivity index (χ1n) is 5.26. The third-order valence-corrected chi connectivity index (χ3v) is 2.49. The van der Waals surface area contributed by atoms with Gasteiger partial charge in [0.25, 0.3) is 0 Å². The van der Waals surface area contributed by atoms with Crippen molar-refractivity contribution < 1.29 is 13.9 Å². The lowest BCUT2D eigenvalue weighted by Crippen LogP contribution is -2.34. The molecule has 0 aromatic carbocycles. The zero-order chi connectivity index (χ0) is 11.4. The average molecular weight is 224 g/mol. The fraction of sp³-hybridized carbons (Fsp3) is 0.455. The second kappa shape index (κ2) is 5.03. The van der Waals surface area contributed by atoms with Crippen molar-refractivity contribution in [1.29, 1.82) is 0 Å². The molecule has 16 heavy (non-hydrogen) atoms. The number of halogens is 1. The van der Waals surface area contributed by atoms with Gasteiger partial charge in [-0.1, -0.05) is 0 Å². The lowest BCUT2D eigenvalue weighted by atomic mass is 10.2. The summed E-state index contributed by atoms with van der Waals surface area (Å²) in [4.78, 5) is 15.4. The van der Waals surface area contributed by atoms with Crippen LogP contribution >= 0.6 is 0 Å². The largest absolute Gasteiger partial charge is 0.368 e. The molecule has 0 radical (unpaired) electrons. The Morgan fingerprint density at radius 3 is 3.25 bits per heavy atom. The Balaban J connectivity index is 1.87. The van der Waals surface area contributed by atoms with E-state index in [9.17, 15) is 9.18 Å². The van der Waals surface area contributed by atoms with Gasteiger partial charge in [-0.25, -0.2) is 4.39 Å². The number of nitrogens with zero attached hydrogens (tertiary/aromatic N) is 1. The molecule has 2 rings (SSSR count). The molecule has 1 aliphatic heterocycles. The monoisotopic (exact) mass is 224 g/mol. The molecule has 1 aromatic rings. The first kappa shape index (κ1) is 11.0. The van der Waals surface area contributed by atoms with E-state index in [0.29, 0.717) is 6.61 Å². The normalized spacial score (nSPS) is 19.7. The van der Waals surface area contributed by atoms with Crippen molar-refractivity contribution in [3.8, 4) is 0 Å². The minimum absolute atomic E-state index is 0.103. The number of amides is 1. The molecule has 0 saturated carbocycles. The standard InChI is InChI=1S/C11H13FN2O2/c12-8-3-1-5-13-9(8)7-14-11(15)10-4-2-6-16-10/h1,3,5,10H,2,4,6-7H2,(H,14,15). The van der Waals surface area contributed by atoms with Crippen LogP contribution in [0.3, 0.4) is 0 Å². The molecule has 4 nitrogen and oxygen atoms in total. The summed E-state index contributed by atoms with van der Waals surface area (Å²) in [7, 11) is 0. The van der Waals surface area contributed by atoms with Gasteiger partial charge < -0.3 is 10.1 Å². The molecule has 1 aliphatic rings. The van der Waals surface area contributed by atoms with Gasteiger partial charge in [-0.2, -0.15) is 0 Å². The van der Waals surface area contributed by atoms with Gasteiger partial charge in [0, 0.05) is 12.8 Å². The van der Waals surface area contributed by atoms with Gasteiger partial charge in [0.05, 0.1) is 12.2 Å². The molecule has 1 aromatic heterocycles. The van der Waals surface area contributed by atoms with Crippen LogP contribution in [0.25, 0.3) is 0 Å². The minimum Gasteiger partial charge on any atom is -0.368 e. The van der Waals surface area contributed by atoms with E-state index in [1.807, 2.05) is 0 Å². The topological polar surface area (TPSA) is 51.2 Å². The fourth-order valence-electron chi connectivity index (χ4n) is 1.62. The van der Waals surface area contributed by atoms with Crippen LogP contribution in [0.15, 0.2) is 18.3 Å². The molecule has 0 aliphatic carbocycles. The summed E-state index contributed by atoms with van der Waals surface area (Å²) < 4.78 is 18.4. The number of hydrogen-bond acceptors (Lipinski definition) is 3. The van der Waals surface area contributed by atoms with Crippen molar-refractivity contribution in [3.63, 3.8) is 0 Å². The van der Waals surface area contributed by atoms with Crippen LogP contribution in [-0.4, -0.2) is 23.6 Å². The van der Waals surface area contributed by atoms with Crippen LogP contribution in [0.4, 0.5) is 4.39 Å². The zero-order valence-electron chi connectivity index (χ0n) is 8.78. The van der Waals surface area contributed by atoms with E-state index in [4.69, 9.17) is 4.74 Å². The summed E-state index contributed by atoms with van der Waals surface area (Å²) >= 11 is 0. The smallest absolute Gasteiger partial charge is 0.249 e. The van der Waals surface area contributed by atoms with Crippen molar-refractivity contribution in [3.05, 3.63) is 29.8 Å². The molecule has 0 spiro atoms. The summed E-state index contributed by atoms with van der Waals surface area (Å²) in [6.07, 6.45) is 2.75. The Morgan fingerprint density at radius 1 is 1.69 bits per heavy atom. The van der Waals surface area contributed by atoms with Gasteiger partial charge in [0.1, 0.15) is 11.9 Å². The van der Waals surface area contributed by atoms with E-state index in [1.54, 1.807) is 0 Å². The SMILES string of the molecule is O=C(NCc1ncccc1F)C1CCCO1. The number of carbonyl (C=O) groups excluding carboxylic acids is 1. The third-order valence-electron chi connectivity index (χ3n) is 2.49. The lowest BCUT2D eigenvalue weighted by molar-refractivity contribution is -0.130. The number of nitrogens with one attached hydrogen (secondary N) is 1. The Bertz CT molecular complexity index is 378. The molecular formula is C11H13FN2O2. The Hall–Kier alpha value is -1.49. The molecule has 86 valence electrons. The summed E-state index contributed by atoms with van der Waals surface area (Å²) in [5.74, 6) is -0.599. The van der Waals surface area contributed by atoms with Crippen molar-refractivity contribution in [2.75, 3.05) is 6.61 Å². The second-order valence-electron chi connectivity index (χ2n) is 3.65. The maximum Gasteiger partial charge on any atom is 0.249 e. The van der Waals surface area contributed by atoms with Crippen LogP contribution in [0.5, 0.6) is 0 Å². The van der Waals surface area contributed by atoms with Crippen LogP contribution in [0.2, 0.25) is 0 Å². The van der Waals surface area contributed by atoms with E-state index in [2.05, 4.69) is 10.3 Å². The van der Waals surface area contributed by atoms with E-state index in [0.717, 1.165) is 12.8 Å². The highest BCUT2D eigenvalue weighted by atomic mass is 19.1. The van der Waals surface area contributed by atoms with Crippen molar-refractivity contribution in [1.82, 2.24) is 10.3 Å². The highest BCUT2D eigenvalue weighted by molar-refractivity contribution is 5.80. The summed E-state index contributed by atoms with van der Waals surface area (Å²) in [5.41, 5.74) is 0.244. The molecular weight excluding hydrogens is 211 g/mol. The molecule has 5 heteroatoms. The molecule has 2 heterocycles. The minimum atomic E-state index is -0.407. The quantitative estimate of drug-likeness (QED) is 0.833. The Kier molecular flexibility index (Phi) is 3.46. The predicted octanol–water partition coefficient (Wildman–Crippen LogP) is 1.02. The molecule has 0 bridgehead atoms. The molecule has 1 fully saturated rings. The van der Waals surface area contributed by atoms with Crippen LogP contribution in [0.1, 0.15) is 18.5 Å². The molecule has 1 unspecified atom stereocenters. The molecule has 1 atom stereocenters. The Morgan fingerprint density at radius 2 is 2.56 bits per heavy atom. The Labute approximate surface area is 92.8 Å². The van der Waals surface area contributed by atoms with Gasteiger partial charge in [-0.15, -0.1) is 0 Å². The number of hydrogen-bond donors (Lipinski definition) is 1. The molecule has 1 amide bonds. The van der Waals surface area contributed by atoms with Crippen molar-refractivity contribution in [2.24, 2.45) is 0 Å². The summed E-state index contributed by atoms with van der Waals surface area (Å²) in [6.45, 7) is 0.724. The van der Waals surface area contributed by atoms with Gasteiger partial charge in [0.2, 0.25) is 5.91 Å². The van der Waals surface area contributed by atoms with Crippen molar-refractivity contribution in [2.45, 2.75) is 25.5 Å². The van der Waals surface area contributed by atoms with Crippen LogP contribution in [-0.2, 0) is 16.1 Å². The number of ether oxygens (including phenoxy) is 1. The second-order valence-corrected chi connectivity index (χ2v) is 3.65. The van der Waals surface area contributed by atoms with E-state index in [-0.39, 0.29) is 24.2 Å². The van der Waals surface area contributed by atoms with E-state index in [1.165, 1.54) is 18.3 Å². The van der Waals surface area contributed by atoms with Crippen molar-refractivity contribution >= 4 is 5.91 Å². The van der Waals surface area contributed by atoms with E-state index >= 15 is 0 Å². The maximum absolute atomic E-state index is 13.2. The molecule has 1 saturated heterocycles. The third kappa shape index (κ3) is 2.55. The first-order chi connectivity index (χ1) is 7.77. The summed E-state index contributed by atoms with van der Waals surface area (Å²) in [5, 5.41) is 2.62. The van der Waals surface area contributed by atoms with E-state index < -0.39 is 5.82 Å². The highest BCUT2D eigenvalue weighted by Gasteiger charge is 2.23. The number of aromatic nitrogens is 1. The van der Waals surface area contributed by atoms with Crippen LogP contribution in [0, 0.1) is 5.82 Å². The zero-order valence-corrected chi connectivity index (χ0v) is 8.78. The highest BCUT2D eigenvalue weighted by Crippen LogP contribution is 2.12. The lowest BCUT2D eigenvalue weighted by Gasteiger charge is -2.10. The number of carbonyl (C=O) groups is 1. The first-order valence-corrected chi connectivity index (χ1v) is 5.26. The van der Waals surface area contributed by atoms with Crippen LogP contribution < -0.4 is 5.32 Å². The van der Waals surface area contributed by atoms with Gasteiger partial charge >= 0.3 is 0 Å².